The summed E-state index contributed by atoms with van der Waals surface area (Å²) in [6, 6.07) is 15.9. The number of nitrogens with one attached hydrogen (secondary N) is 2. The summed E-state index contributed by atoms with van der Waals surface area (Å²) in [6.45, 7) is 3.61. The Morgan fingerprint density at radius 2 is 1.75 bits per heavy atom. The minimum absolute atomic E-state index is 0.150. The van der Waals surface area contributed by atoms with Crippen LogP contribution in [0.15, 0.2) is 72.9 Å². The Balaban J connectivity index is 1.94. The van der Waals surface area contributed by atoms with Gasteiger partial charge in [0, 0.05) is 30.8 Å². The second kappa shape index (κ2) is 12.4. The number of methoxy groups -OCH3 is 1. The van der Waals surface area contributed by atoms with E-state index in [1.165, 1.54) is 30.2 Å². The lowest BCUT2D eigenvalue weighted by Gasteiger charge is -2.32. The minimum Gasteiger partial charge on any atom is -0.497 e. The molecule has 3 amide bonds. The molecule has 8 nitrogen and oxygen atoms in total. The summed E-state index contributed by atoms with van der Waals surface area (Å²) < 4.78 is 19.4. The summed E-state index contributed by atoms with van der Waals surface area (Å²) in [5.41, 5.74) is 0.703. The van der Waals surface area contributed by atoms with Gasteiger partial charge < -0.3 is 15.4 Å². The molecule has 2 N–H and O–H groups in total. The Morgan fingerprint density at radius 3 is 2.36 bits per heavy atom. The number of aromatic nitrogens is 1. The van der Waals surface area contributed by atoms with Gasteiger partial charge in [-0.1, -0.05) is 24.3 Å². The molecule has 0 unspecified atom stereocenters. The number of benzene rings is 2. The monoisotopic (exact) mass is 492 g/mol. The highest BCUT2D eigenvalue weighted by Crippen LogP contribution is 2.30. The fraction of sp³-hybridized carbons (Fsp3) is 0.259. The SMILES string of the molecule is COc1ccc([C@H](C(=O)NC(C)C)N(C(=O)CCC(=O)Nc2ccccn2)c2cccc(F)c2)cc1. The normalized spacial score (nSPS) is 11.5. The van der Waals surface area contributed by atoms with Crippen molar-refractivity contribution in [1.82, 2.24) is 10.3 Å². The van der Waals surface area contributed by atoms with Crippen molar-refractivity contribution in [1.29, 1.82) is 0 Å². The molecule has 0 saturated carbocycles. The molecule has 0 saturated heterocycles. The first-order valence-electron chi connectivity index (χ1n) is 11.5. The highest BCUT2D eigenvalue weighted by molar-refractivity contribution is 6.03. The van der Waals surface area contributed by atoms with E-state index in [2.05, 4.69) is 15.6 Å². The molecule has 0 aliphatic heterocycles. The van der Waals surface area contributed by atoms with E-state index in [0.29, 0.717) is 17.1 Å². The van der Waals surface area contributed by atoms with E-state index in [-0.39, 0.29) is 24.6 Å². The summed E-state index contributed by atoms with van der Waals surface area (Å²) in [4.78, 5) is 44.6. The molecular weight excluding hydrogens is 463 g/mol. The first kappa shape index (κ1) is 26.3. The molecule has 0 aliphatic carbocycles. The second-order valence-electron chi connectivity index (χ2n) is 8.35. The highest BCUT2D eigenvalue weighted by atomic mass is 19.1. The molecule has 0 fully saturated rings. The topological polar surface area (TPSA) is 101 Å². The number of pyridine rings is 1. The van der Waals surface area contributed by atoms with Crippen LogP contribution in [0, 0.1) is 5.82 Å². The maximum absolute atomic E-state index is 14.2. The zero-order valence-corrected chi connectivity index (χ0v) is 20.4. The van der Waals surface area contributed by atoms with Crippen LogP contribution >= 0.6 is 0 Å². The molecule has 0 spiro atoms. The fourth-order valence-electron chi connectivity index (χ4n) is 3.61. The third-order valence-electron chi connectivity index (χ3n) is 5.22. The zero-order valence-electron chi connectivity index (χ0n) is 20.4. The fourth-order valence-corrected chi connectivity index (χ4v) is 3.61. The van der Waals surface area contributed by atoms with Crippen molar-refractivity contribution in [3.63, 3.8) is 0 Å². The van der Waals surface area contributed by atoms with Gasteiger partial charge in [0.1, 0.15) is 23.4 Å². The van der Waals surface area contributed by atoms with Gasteiger partial charge in [-0.25, -0.2) is 9.37 Å². The van der Waals surface area contributed by atoms with E-state index in [0.717, 1.165) is 0 Å². The number of ether oxygens (including phenoxy) is 1. The molecule has 0 bridgehead atoms. The van der Waals surface area contributed by atoms with Crippen molar-refractivity contribution in [2.75, 3.05) is 17.3 Å². The molecule has 1 aromatic heterocycles. The molecule has 0 aliphatic rings. The molecule has 2 aromatic carbocycles. The van der Waals surface area contributed by atoms with Crippen molar-refractivity contribution in [2.45, 2.75) is 38.8 Å². The Kier molecular flexibility index (Phi) is 9.10. The van der Waals surface area contributed by atoms with Crippen LogP contribution in [0.1, 0.15) is 38.3 Å². The molecule has 188 valence electrons. The Hall–Kier alpha value is -4.27. The first-order chi connectivity index (χ1) is 17.3. The van der Waals surface area contributed by atoms with Crippen molar-refractivity contribution in [3.8, 4) is 5.75 Å². The van der Waals surface area contributed by atoms with Crippen LogP contribution in [0.5, 0.6) is 5.75 Å². The van der Waals surface area contributed by atoms with E-state index in [4.69, 9.17) is 4.74 Å². The average molecular weight is 493 g/mol. The lowest BCUT2D eigenvalue weighted by Crippen LogP contribution is -2.46. The largest absolute Gasteiger partial charge is 0.497 e. The van der Waals surface area contributed by atoms with Gasteiger partial charge in [-0.05, 0) is 61.9 Å². The number of amides is 3. The summed E-state index contributed by atoms with van der Waals surface area (Å²) in [6.07, 6.45) is 1.18. The molecule has 1 atom stereocenters. The van der Waals surface area contributed by atoms with Gasteiger partial charge in [-0.2, -0.15) is 0 Å². The van der Waals surface area contributed by atoms with Crippen LogP contribution in [-0.4, -0.2) is 35.9 Å². The van der Waals surface area contributed by atoms with E-state index in [1.807, 2.05) is 0 Å². The van der Waals surface area contributed by atoms with Crippen LogP contribution in [-0.2, 0) is 14.4 Å². The number of carbonyl (C=O) groups excluding carboxylic acids is 3. The number of nitrogens with zero attached hydrogens (tertiary/aromatic N) is 2. The van der Waals surface area contributed by atoms with Crippen molar-refractivity contribution >= 4 is 29.2 Å². The van der Waals surface area contributed by atoms with E-state index >= 15 is 0 Å². The van der Waals surface area contributed by atoms with Gasteiger partial charge in [-0.15, -0.1) is 0 Å². The molecule has 9 heteroatoms. The lowest BCUT2D eigenvalue weighted by molar-refractivity contribution is -0.127. The number of carbonyl (C=O) groups is 3. The van der Waals surface area contributed by atoms with Crippen LogP contribution in [0.3, 0.4) is 0 Å². The predicted molar refractivity (Wildman–Crippen MR) is 135 cm³/mol. The number of anilines is 2. The summed E-state index contributed by atoms with van der Waals surface area (Å²) >= 11 is 0. The van der Waals surface area contributed by atoms with Crippen LogP contribution in [0.2, 0.25) is 0 Å². The van der Waals surface area contributed by atoms with Crippen LogP contribution in [0.4, 0.5) is 15.9 Å². The van der Waals surface area contributed by atoms with Crippen LogP contribution < -0.4 is 20.3 Å². The maximum Gasteiger partial charge on any atom is 0.248 e. The van der Waals surface area contributed by atoms with E-state index in [1.54, 1.807) is 68.6 Å². The predicted octanol–water partition coefficient (Wildman–Crippen LogP) is 4.25. The Morgan fingerprint density at radius 1 is 1.00 bits per heavy atom. The summed E-state index contributed by atoms with van der Waals surface area (Å²) in [5, 5.41) is 5.48. The summed E-state index contributed by atoms with van der Waals surface area (Å²) in [7, 11) is 1.52. The smallest absolute Gasteiger partial charge is 0.248 e. The van der Waals surface area contributed by atoms with Gasteiger partial charge in [0.25, 0.3) is 0 Å². The standard InChI is InChI=1S/C27H29FN4O4/c1-18(2)30-27(35)26(19-10-12-22(36-3)13-11-19)32(21-8-6-7-20(28)17-21)25(34)15-14-24(33)31-23-9-4-5-16-29-23/h4-13,16-18,26H,14-15H2,1-3H3,(H,30,35)(H,29,31,33)/t26-/m1/s1. The first-order valence-corrected chi connectivity index (χ1v) is 11.5. The van der Waals surface area contributed by atoms with Gasteiger partial charge in [0.15, 0.2) is 0 Å². The molecule has 36 heavy (non-hydrogen) atoms. The number of halogens is 1. The number of rotatable bonds is 10. The highest BCUT2D eigenvalue weighted by Gasteiger charge is 2.33. The molecule has 0 radical (unpaired) electrons. The maximum atomic E-state index is 14.2. The third-order valence-corrected chi connectivity index (χ3v) is 5.22. The minimum atomic E-state index is -1.11. The molecular formula is C27H29FN4O4. The lowest BCUT2D eigenvalue weighted by atomic mass is 10.0. The van der Waals surface area contributed by atoms with Gasteiger partial charge in [-0.3, -0.25) is 19.3 Å². The van der Waals surface area contributed by atoms with Crippen molar-refractivity contribution in [2.24, 2.45) is 0 Å². The zero-order chi connectivity index (χ0) is 26.1. The Labute approximate surface area is 209 Å². The van der Waals surface area contributed by atoms with Gasteiger partial charge in [0.05, 0.1) is 7.11 Å². The molecule has 1 heterocycles. The average Bonchev–Trinajstić information content (AvgIpc) is 2.86. The van der Waals surface area contributed by atoms with Crippen LogP contribution in [0.25, 0.3) is 0 Å². The quantitative estimate of drug-likeness (QED) is 0.441. The summed E-state index contributed by atoms with van der Waals surface area (Å²) in [5.74, 6) is -0.979. The van der Waals surface area contributed by atoms with E-state index < -0.39 is 29.6 Å². The van der Waals surface area contributed by atoms with Gasteiger partial charge in [0.2, 0.25) is 17.7 Å². The molecule has 3 aromatic rings. The van der Waals surface area contributed by atoms with E-state index in [9.17, 15) is 18.8 Å². The molecule has 3 rings (SSSR count). The Bertz CT molecular complexity index is 1190. The van der Waals surface area contributed by atoms with Crippen molar-refractivity contribution < 1.29 is 23.5 Å². The van der Waals surface area contributed by atoms with Crippen molar-refractivity contribution in [3.05, 3.63) is 84.3 Å². The third kappa shape index (κ3) is 7.11. The second-order valence-corrected chi connectivity index (χ2v) is 8.35. The van der Waals surface area contributed by atoms with Gasteiger partial charge >= 0.3 is 0 Å². The number of hydrogen-bond acceptors (Lipinski definition) is 5. The number of hydrogen-bond donors (Lipinski definition) is 2.